The third kappa shape index (κ3) is 5.02. The van der Waals surface area contributed by atoms with Crippen molar-refractivity contribution in [3.63, 3.8) is 0 Å². The number of nitrogens with one attached hydrogen (secondary N) is 1. The Morgan fingerprint density at radius 3 is 2.58 bits per heavy atom. The second-order valence-corrected chi connectivity index (χ2v) is 6.40. The molecule has 1 atom stereocenters. The van der Waals surface area contributed by atoms with Crippen molar-refractivity contribution in [1.29, 1.82) is 0 Å². The van der Waals surface area contributed by atoms with Gasteiger partial charge in [-0.2, -0.15) is 0 Å². The highest BCUT2D eigenvalue weighted by atomic mass is 16.2. The number of rotatable bonds is 6. The van der Waals surface area contributed by atoms with Crippen LogP contribution in [0.25, 0.3) is 6.08 Å². The molecule has 1 aromatic heterocycles. The SMILES string of the molecule is O=C(/C=C/c1cccnc1)N[C@@H](Cc1ccccc1)C(=O)N1CCCC1. The van der Waals surface area contributed by atoms with Crippen molar-refractivity contribution in [3.8, 4) is 0 Å². The van der Waals surface area contributed by atoms with Gasteiger partial charge in [0.15, 0.2) is 0 Å². The van der Waals surface area contributed by atoms with E-state index in [1.54, 1.807) is 18.5 Å². The maximum Gasteiger partial charge on any atom is 0.245 e. The zero-order chi connectivity index (χ0) is 18.2. The van der Waals surface area contributed by atoms with Crippen LogP contribution in [0.1, 0.15) is 24.0 Å². The van der Waals surface area contributed by atoms with E-state index < -0.39 is 6.04 Å². The maximum absolute atomic E-state index is 12.8. The summed E-state index contributed by atoms with van der Waals surface area (Å²) in [4.78, 5) is 31.0. The molecule has 0 spiro atoms. The number of benzene rings is 1. The van der Waals surface area contributed by atoms with Crippen LogP contribution in [0.4, 0.5) is 0 Å². The van der Waals surface area contributed by atoms with E-state index in [9.17, 15) is 9.59 Å². The molecule has 5 heteroatoms. The van der Waals surface area contributed by atoms with Crippen LogP contribution in [0.15, 0.2) is 60.9 Å². The van der Waals surface area contributed by atoms with Crippen molar-refractivity contribution in [2.45, 2.75) is 25.3 Å². The minimum Gasteiger partial charge on any atom is -0.341 e. The van der Waals surface area contributed by atoms with E-state index in [1.807, 2.05) is 47.4 Å². The molecule has 0 saturated carbocycles. The summed E-state index contributed by atoms with van der Waals surface area (Å²) in [6.07, 6.45) is 9.05. The highest BCUT2D eigenvalue weighted by Gasteiger charge is 2.27. The molecule has 26 heavy (non-hydrogen) atoms. The molecular weight excluding hydrogens is 326 g/mol. The predicted molar refractivity (Wildman–Crippen MR) is 101 cm³/mol. The lowest BCUT2D eigenvalue weighted by atomic mass is 10.0. The van der Waals surface area contributed by atoms with E-state index in [1.165, 1.54) is 6.08 Å². The van der Waals surface area contributed by atoms with Gasteiger partial charge in [0.05, 0.1) is 0 Å². The summed E-state index contributed by atoms with van der Waals surface area (Å²) in [6, 6.07) is 12.9. The molecule has 5 nitrogen and oxygen atoms in total. The first kappa shape index (κ1) is 17.9. The second kappa shape index (κ2) is 8.94. The highest BCUT2D eigenvalue weighted by Crippen LogP contribution is 2.12. The van der Waals surface area contributed by atoms with Crippen LogP contribution >= 0.6 is 0 Å². The number of carbonyl (C=O) groups excluding carboxylic acids is 2. The van der Waals surface area contributed by atoms with Gasteiger partial charge in [-0.05, 0) is 36.1 Å². The average molecular weight is 349 g/mol. The molecular formula is C21H23N3O2. The van der Waals surface area contributed by atoms with Gasteiger partial charge in [0.2, 0.25) is 11.8 Å². The number of hydrogen-bond acceptors (Lipinski definition) is 3. The molecule has 0 aliphatic carbocycles. The number of aromatic nitrogens is 1. The molecule has 1 saturated heterocycles. The molecule has 2 heterocycles. The van der Waals surface area contributed by atoms with Gasteiger partial charge in [-0.15, -0.1) is 0 Å². The highest BCUT2D eigenvalue weighted by molar-refractivity contribution is 5.95. The summed E-state index contributed by atoms with van der Waals surface area (Å²) >= 11 is 0. The van der Waals surface area contributed by atoms with Crippen molar-refractivity contribution in [2.75, 3.05) is 13.1 Å². The lowest BCUT2D eigenvalue weighted by Gasteiger charge is -2.23. The van der Waals surface area contributed by atoms with Gasteiger partial charge in [-0.1, -0.05) is 36.4 Å². The summed E-state index contributed by atoms with van der Waals surface area (Å²) in [5.74, 6) is -0.281. The zero-order valence-electron chi connectivity index (χ0n) is 14.7. The number of nitrogens with zero attached hydrogens (tertiary/aromatic N) is 2. The molecule has 2 amide bonds. The number of hydrogen-bond donors (Lipinski definition) is 1. The lowest BCUT2D eigenvalue weighted by molar-refractivity contribution is -0.134. The minimum absolute atomic E-state index is 0.00511. The topological polar surface area (TPSA) is 62.3 Å². The Morgan fingerprint density at radius 1 is 1.12 bits per heavy atom. The average Bonchev–Trinajstić information content (AvgIpc) is 3.22. The number of amides is 2. The Balaban J connectivity index is 1.68. The van der Waals surface area contributed by atoms with Gasteiger partial charge in [0.25, 0.3) is 0 Å². The van der Waals surface area contributed by atoms with Gasteiger partial charge in [-0.3, -0.25) is 14.6 Å². The van der Waals surface area contributed by atoms with Crippen LogP contribution in [-0.2, 0) is 16.0 Å². The Hall–Kier alpha value is -2.95. The zero-order valence-corrected chi connectivity index (χ0v) is 14.7. The molecule has 134 valence electrons. The van der Waals surface area contributed by atoms with Crippen molar-refractivity contribution in [1.82, 2.24) is 15.2 Å². The normalized spacial score (nSPS) is 15.2. The monoisotopic (exact) mass is 349 g/mol. The largest absolute Gasteiger partial charge is 0.341 e. The van der Waals surface area contributed by atoms with E-state index in [0.29, 0.717) is 6.42 Å². The number of carbonyl (C=O) groups is 2. The quantitative estimate of drug-likeness (QED) is 0.815. The first-order chi connectivity index (χ1) is 12.7. The Morgan fingerprint density at radius 2 is 1.88 bits per heavy atom. The maximum atomic E-state index is 12.8. The summed E-state index contributed by atoms with van der Waals surface area (Å²) in [7, 11) is 0. The van der Waals surface area contributed by atoms with E-state index in [-0.39, 0.29) is 11.8 Å². The number of likely N-dealkylation sites (tertiary alicyclic amines) is 1. The first-order valence-corrected chi connectivity index (χ1v) is 8.94. The van der Waals surface area contributed by atoms with Gasteiger partial charge >= 0.3 is 0 Å². The summed E-state index contributed by atoms with van der Waals surface area (Å²) in [5.41, 5.74) is 1.87. The molecule has 1 N–H and O–H groups in total. The predicted octanol–water partition coefficient (Wildman–Crippen LogP) is 2.44. The molecule has 1 aliphatic heterocycles. The number of pyridine rings is 1. The lowest BCUT2D eigenvalue weighted by Crippen LogP contribution is -2.48. The second-order valence-electron chi connectivity index (χ2n) is 6.40. The molecule has 1 fully saturated rings. The summed E-state index contributed by atoms with van der Waals surface area (Å²) in [5, 5.41) is 2.88. The van der Waals surface area contributed by atoms with Crippen LogP contribution < -0.4 is 5.32 Å². The fourth-order valence-electron chi connectivity index (χ4n) is 3.07. The summed E-state index contributed by atoms with van der Waals surface area (Å²) in [6.45, 7) is 1.54. The van der Waals surface area contributed by atoms with Crippen molar-refractivity contribution < 1.29 is 9.59 Å². The van der Waals surface area contributed by atoms with E-state index in [4.69, 9.17) is 0 Å². The summed E-state index contributed by atoms with van der Waals surface area (Å²) < 4.78 is 0. The van der Waals surface area contributed by atoms with Crippen LogP contribution in [0.3, 0.4) is 0 Å². The molecule has 3 rings (SSSR count). The van der Waals surface area contributed by atoms with Crippen molar-refractivity contribution in [3.05, 3.63) is 72.1 Å². The molecule has 0 unspecified atom stereocenters. The van der Waals surface area contributed by atoms with Gasteiger partial charge < -0.3 is 10.2 Å². The van der Waals surface area contributed by atoms with Crippen LogP contribution in [0.5, 0.6) is 0 Å². The van der Waals surface area contributed by atoms with Gasteiger partial charge in [0.1, 0.15) is 6.04 Å². The van der Waals surface area contributed by atoms with Gasteiger partial charge in [-0.25, -0.2) is 0 Å². The molecule has 0 bridgehead atoms. The Bertz CT molecular complexity index is 753. The minimum atomic E-state index is -0.554. The van der Waals surface area contributed by atoms with Crippen molar-refractivity contribution in [2.24, 2.45) is 0 Å². The van der Waals surface area contributed by atoms with E-state index in [0.717, 1.165) is 37.1 Å². The third-order valence-electron chi connectivity index (χ3n) is 4.43. The molecule has 2 aromatic rings. The van der Waals surface area contributed by atoms with E-state index >= 15 is 0 Å². The smallest absolute Gasteiger partial charge is 0.245 e. The molecule has 0 radical (unpaired) electrons. The van der Waals surface area contributed by atoms with Crippen LogP contribution in [0.2, 0.25) is 0 Å². The van der Waals surface area contributed by atoms with Crippen molar-refractivity contribution >= 4 is 17.9 Å². The Kier molecular flexibility index (Phi) is 6.14. The molecule has 1 aromatic carbocycles. The fraction of sp³-hybridized carbons (Fsp3) is 0.286. The standard InChI is InChI=1S/C21H23N3O2/c25-20(11-10-18-9-6-12-22-16-18)23-19(15-17-7-2-1-3-8-17)21(26)24-13-4-5-14-24/h1-3,6-12,16,19H,4-5,13-15H2,(H,23,25)/b11-10+/t19-/m0/s1. The third-order valence-corrected chi connectivity index (χ3v) is 4.43. The fourth-order valence-corrected chi connectivity index (χ4v) is 3.07. The molecule has 1 aliphatic rings. The van der Waals surface area contributed by atoms with Gasteiger partial charge in [0, 0.05) is 38.0 Å². The van der Waals surface area contributed by atoms with Crippen LogP contribution in [-0.4, -0.2) is 40.8 Å². The Labute approximate surface area is 153 Å². The van der Waals surface area contributed by atoms with E-state index in [2.05, 4.69) is 10.3 Å². The van der Waals surface area contributed by atoms with Crippen LogP contribution in [0, 0.1) is 0 Å². The first-order valence-electron chi connectivity index (χ1n) is 8.94.